The molecule has 0 aliphatic rings. The lowest BCUT2D eigenvalue weighted by Gasteiger charge is -2.14. The van der Waals surface area contributed by atoms with Crippen LogP contribution >= 0.6 is 0 Å². The quantitative estimate of drug-likeness (QED) is 0.214. The second-order valence-corrected chi connectivity index (χ2v) is 11.0. The third-order valence-corrected chi connectivity index (χ3v) is 8.46. The number of para-hydroxylation sites is 4. The molecule has 0 radical (unpaired) electrons. The molecule has 0 saturated heterocycles. The zero-order valence-electron chi connectivity index (χ0n) is 23.7. The summed E-state index contributed by atoms with van der Waals surface area (Å²) in [6.45, 7) is 0. The minimum absolute atomic E-state index is 0.635. The van der Waals surface area contributed by atoms with Gasteiger partial charge in [0.25, 0.3) is 0 Å². The first-order chi connectivity index (χ1) is 21.8. The summed E-state index contributed by atoms with van der Waals surface area (Å²) in [5, 5.41) is 4.57. The van der Waals surface area contributed by atoms with E-state index in [0.29, 0.717) is 5.95 Å². The number of hydrogen-bond donors (Lipinski definition) is 0. The van der Waals surface area contributed by atoms with Crippen LogP contribution in [0.2, 0.25) is 0 Å². The topological polar surface area (TPSA) is 43.9 Å². The minimum Gasteiger partial charge on any atom is -0.455 e. The summed E-state index contributed by atoms with van der Waals surface area (Å²) in [6.07, 6.45) is 0. The maximum absolute atomic E-state index is 6.46. The van der Waals surface area contributed by atoms with Gasteiger partial charge in [-0.2, -0.15) is 0 Å². The average molecular weight is 564 g/mol. The smallest absolute Gasteiger partial charge is 0.235 e. The lowest BCUT2D eigenvalue weighted by atomic mass is 9.95. The fraction of sp³-hybridized carbons (Fsp3) is 0. The van der Waals surface area contributed by atoms with Crippen molar-refractivity contribution >= 4 is 43.7 Å². The van der Waals surface area contributed by atoms with Crippen molar-refractivity contribution in [2.24, 2.45) is 0 Å². The molecule has 3 heterocycles. The van der Waals surface area contributed by atoms with Gasteiger partial charge in [0.05, 0.1) is 22.4 Å². The van der Waals surface area contributed by atoms with E-state index >= 15 is 0 Å². The van der Waals surface area contributed by atoms with Crippen LogP contribution in [0.5, 0.6) is 0 Å². The molecule has 0 bridgehead atoms. The zero-order valence-corrected chi connectivity index (χ0v) is 23.7. The molecule has 0 atom stereocenters. The molecule has 9 rings (SSSR count). The minimum atomic E-state index is 0.635. The molecule has 3 aromatic heterocycles. The fourth-order valence-electron chi connectivity index (χ4n) is 6.47. The van der Waals surface area contributed by atoms with Crippen molar-refractivity contribution in [1.29, 1.82) is 0 Å². The van der Waals surface area contributed by atoms with Crippen molar-refractivity contribution in [3.63, 3.8) is 0 Å². The van der Waals surface area contributed by atoms with Gasteiger partial charge in [-0.25, -0.2) is 9.97 Å². The van der Waals surface area contributed by atoms with Crippen molar-refractivity contribution in [1.82, 2.24) is 14.5 Å². The standard InChI is InChI=1S/C40H25N3O/c1-2-13-26(14-3-1)34-25-35(42-40(41-34)43-36-22-9-6-17-29(36)30-18-7-10-23-37(30)43)28-16-5-4-15-27(28)32-20-12-21-33-31-19-8-11-24-38(31)44-39(32)33/h1-25H. The highest BCUT2D eigenvalue weighted by molar-refractivity contribution is 6.11. The molecule has 9 aromatic rings. The first-order valence-electron chi connectivity index (χ1n) is 14.8. The monoisotopic (exact) mass is 563 g/mol. The van der Waals surface area contributed by atoms with E-state index in [1.54, 1.807) is 0 Å². The van der Waals surface area contributed by atoms with E-state index in [4.69, 9.17) is 14.4 Å². The molecule has 0 saturated carbocycles. The third-order valence-electron chi connectivity index (χ3n) is 8.46. The second kappa shape index (κ2) is 9.79. The summed E-state index contributed by atoms with van der Waals surface area (Å²) < 4.78 is 8.65. The summed E-state index contributed by atoms with van der Waals surface area (Å²) in [5.74, 6) is 0.635. The van der Waals surface area contributed by atoms with Gasteiger partial charge in [0, 0.05) is 38.2 Å². The number of furan rings is 1. The first kappa shape index (κ1) is 24.6. The molecule has 44 heavy (non-hydrogen) atoms. The van der Waals surface area contributed by atoms with E-state index in [0.717, 1.165) is 66.6 Å². The van der Waals surface area contributed by atoms with Gasteiger partial charge >= 0.3 is 0 Å². The summed E-state index contributed by atoms with van der Waals surface area (Å²) >= 11 is 0. The van der Waals surface area contributed by atoms with Crippen molar-refractivity contribution in [3.8, 4) is 39.6 Å². The van der Waals surface area contributed by atoms with Crippen LogP contribution in [0, 0.1) is 0 Å². The molecule has 206 valence electrons. The highest BCUT2D eigenvalue weighted by Crippen LogP contribution is 2.40. The number of fused-ring (bicyclic) bond motifs is 6. The van der Waals surface area contributed by atoms with E-state index in [1.165, 1.54) is 10.8 Å². The Kier molecular flexibility index (Phi) is 5.47. The average Bonchev–Trinajstić information content (AvgIpc) is 3.65. The third kappa shape index (κ3) is 3.78. The van der Waals surface area contributed by atoms with Gasteiger partial charge in [-0.3, -0.25) is 4.57 Å². The number of aromatic nitrogens is 3. The highest BCUT2D eigenvalue weighted by atomic mass is 16.3. The molecule has 0 spiro atoms. The Hall–Kier alpha value is -6.00. The molecule has 0 N–H and O–H groups in total. The van der Waals surface area contributed by atoms with Crippen LogP contribution < -0.4 is 0 Å². The lowest BCUT2D eigenvalue weighted by molar-refractivity contribution is 0.670. The molecule has 0 fully saturated rings. The Morgan fingerprint density at radius 1 is 0.432 bits per heavy atom. The Bertz CT molecular complexity index is 2450. The van der Waals surface area contributed by atoms with E-state index < -0.39 is 0 Å². The van der Waals surface area contributed by atoms with Crippen LogP contribution in [-0.2, 0) is 0 Å². The van der Waals surface area contributed by atoms with Crippen LogP contribution in [0.25, 0.3) is 83.3 Å². The van der Waals surface area contributed by atoms with Gasteiger partial charge in [0.1, 0.15) is 11.2 Å². The van der Waals surface area contributed by atoms with Crippen LogP contribution in [0.3, 0.4) is 0 Å². The van der Waals surface area contributed by atoms with E-state index in [2.05, 4.69) is 126 Å². The lowest BCUT2D eigenvalue weighted by Crippen LogP contribution is -2.04. The maximum Gasteiger partial charge on any atom is 0.235 e. The highest BCUT2D eigenvalue weighted by Gasteiger charge is 2.19. The van der Waals surface area contributed by atoms with E-state index in [1.807, 2.05) is 30.3 Å². The number of nitrogens with zero attached hydrogens (tertiary/aromatic N) is 3. The van der Waals surface area contributed by atoms with Crippen molar-refractivity contribution in [2.45, 2.75) is 0 Å². The summed E-state index contributed by atoms with van der Waals surface area (Å²) in [7, 11) is 0. The van der Waals surface area contributed by atoms with Gasteiger partial charge in [-0.15, -0.1) is 0 Å². The van der Waals surface area contributed by atoms with Gasteiger partial charge in [-0.1, -0.05) is 127 Å². The van der Waals surface area contributed by atoms with Crippen molar-refractivity contribution in [3.05, 3.63) is 152 Å². The van der Waals surface area contributed by atoms with Crippen LogP contribution in [0.15, 0.2) is 156 Å². The van der Waals surface area contributed by atoms with Crippen LogP contribution in [-0.4, -0.2) is 14.5 Å². The maximum atomic E-state index is 6.46. The van der Waals surface area contributed by atoms with Crippen molar-refractivity contribution in [2.75, 3.05) is 0 Å². The molecule has 0 unspecified atom stereocenters. The largest absolute Gasteiger partial charge is 0.455 e. The first-order valence-corrected chi connectivity index (χ1v) is 14.8. The predicted molar refractivity (Wildman–Crippen MR) is 180 cm³/mol. The molecular formula is C40H25N3O. The molecule has 0 aliphatic carbocycles. The van der Waals surface area contributed by atoms with E-state index in [9.17, 15) is 0 Å². The van der Waals surface area contributed by atoms with E-state index in [-0.39, 0.29) is 0 Å². The second-order valence-electron chi connectivity index (χ2n) is 11.0. The molecular weight excluding hydrogens is 538 g/mol. The molecule has 0 aliphatic heterocycles. The Labute approximate surface area is 253 Å². The fourth-order valence-corrected chi connectivity index (χ4v) is 6.47. The summed E-state index contributed by atoms with van der Waals surface area (Å²) in [5.41, 5.74) is 9.77. The number of hydrogen-bond acceptors (Lipinski definition) is 3. The normalized spacial score (nSPS) is 11.6. The van der Waals surface area contributed by atoms with Gasteiger partial charge in [0.15, 0.2) is 0 Å². The van der Waals surface area contributed by atoms with Crippen molar-refractivity contribution < 1.29 is 4.42 Å². The SMILES string of the molecule is c1ccc(-c2cc(-c3ccccc3-c3cccc4c3oc3ccccc34)nc(-n3c4ccccc4c4ccccc43)n2)cc1. The zero-order chi connectivity index (χ0) is 29.0. The number of benzene rings is 6. The number of rotatable bonds is 4. The molecule has 4 nitrogen and oxygen atoms in total. The Morgan fingerprint density at radius 3 is 1.77 bits per heavy atom. The molecule has 6 aromatic carbocycles. The van der Waals surface area contributed by atoms with Gasteiger partial charge in [0.2, 0.25) is 5.95 Å². The summed E-state index contributed by atoms with van der Waals surface area (Å²) in [6, 6.07) is 52.4. The van der Waals surface area contributed by atoms with Crippen LogP contribution in [0.1, 0.15) is 0 Å². The molecule has 4 heteroatoms. The van der Waals surface area contributed by atoms with Gasteiger partial charge < -0.3 is 4.42 Å². The predicted octanol–water partition coefficient (Wildman–Crippen LogP) is 10.5. The Balaban J connectivity index is 1.33. The molecule has 0 amide bonds. The van der Waals surface area contributed by atoms with Gasteiger partial charge in [-0.05, 0) is 29.8 Å². The summed E-state index contributed by atoms with van der Waals surface area (Å²) in [4.78, 5) is 10.5. The Morgan fingerprint density at radius 2 is 1.00 bits per heavy atom. The van der Waals surface area contributed by atoms with Crippen LogP contribution in [0.4, 0.5) is 0 Å².